The van der Waals surface area contributed by atoms with Crippen LogP contribution in [0.5, 0.6) is 23.0 Å². The van der Waals surface area contributed by atoms with E-state index in [2.05, 4.69) is 0 Å². The summed E-state index contributed by atoms with van der Waals surface area (Å²) >= 11 is 0. The normalized spacial score (nSPS) is 12.0. The van der Waals surface area contributed by atoms with Crippen LogP contribution >= 0.6 is 0 Å². The lowest BCUT2D eigenvalue weighted by molar-refractivity contribution is 0.220. The van der Waals surface area contributed by atoms with Crippen molar-refractivity contribution in [2.75, 3.05) is 26.9 Å². The Labute approximate surface area is 161 Å². The van der Waals surface area contributed by atoms with Crippen molar-refractivity contribution in [3.63, 3.8) is 0 Å². The fraction of sp³-hybridized carbons (Fsp3) is 0.364. The Morgan fingerprint density at radius 3 is 2.15 bits per heavy atom. The summed E-state index contributed by atoms with van der Waals surface area (Å²) in [6, 6.07) is 11.0. The Kier molecular flexibility index (Phi) is 8.01. The average molecular weight is 372 g/mol. The van der Waals surface area contributed by atoms with Crippen LogP contribution in [0.1, 0.15) is 38.0 Å². The molecule has 2 aromatic rings. The molecule has 1 unspecified atom stereocenters. The first-order valence-electron chi connectivity index (χ1n) is 9.19. The monoisotopic (exact) mass is 372 g/mol. The number of aliphatic hydroxyl groups excluding tert-OH is 1. The van der Waals surface area contributed by atoms with E-state index in [1.54, 1.807) is 31.4 Å². The molecule has 0 bridgehead atoms. The van der Waals surface area contributed by atoms with Crippen LogP contribution in [0.4, 0.5) is 0 Å². The molecule has 0 heterocycles. The van der Waals surface area contributed by atoms with Crippen molar-refractivity contribution in [2.45, 2.75) is 26.9 Å². The maximum Gasteiger partial charge on any atom is 0.130 e. The molecule has 0 aliphatic carbocycles. The van der Waals surface area contributed by atoms with Crippen LogP contribution in [-0.2, 0) is 0 Å². The summed E-state index contributed by atoms with van der Waals surface area (Å²) in [5, 5.41) is 10.6. The number of rotatable bonds is 10. The number of ether oxygens (including phenoxy) is 4. The van der Waals surface area contributed by atoms with Crippen LogP contribution in [0.2, 0.25) is 0 Å². The van der Waals surface area contributed by atoms with Crippen molar-refractivity contribution >= 4 is 6.08 Å². The third kappa shape index (κ3) is 5.66. The van der Waals surface area contributed by atoms with Gasteiger partial charge in [0.15, 0.2) is 0 Å². The lowest BCUT2D eigenvalue weighted by Gasteiger charge is -2.15. The summed E-state index contributed by atoms with van der Waals surface area (Å²) in [6.45, 7) is 7.42. The molecule has 0 amide bonds. The first-order chi connectivity index (χ1) is 13.1. The van der Waals surface area contributed by atoms with Gasteiger partial charge in [-0.3, -0.25) is 0 Å². The van der Waals surface area contributed by atoms with Gasteiger partial charge in [0.1, 0.15) is 29.1 Å². The summed E-state index contributed by atoms with van der Waals surface area (Å²) in [4.78, 5) is 0. The minimum Gasteiger partial charge on any atom is -0.497 e. The lowest BCUT2D eigenvalue weighted by atomic mass is 10.1. The van der Waals surface area contributed by atoms with E-state index >= 15 is 0 Å². The van der Waals surface area contributed by atoms with Crippen LogP contribution in [0.3, 0.4) is 0 Å². The standard InChI is InChI=1S/C22H28O5/c1-5-25-18-10-8-16(21(15-18)26-6-2)9-13-20(23)19-12-11-17(24-4)14-22(19)27-7-3/h8-15,20,23H,5-7H2,1-4H3. The Balaban J connectivity index is 2.26. The van der Waals surface area contributed by atoms with Crippen molar-refractivity contribution in [3.05, 3.63) is 53.6 Å². The molecule has 5 nitrogen and oxygen atoms in total. The molecule has 0 aliphatic heterocycles. The van der Waals surface area contributed by atoms with E-state index in [1.807, 2.05) is 45.0 Å². The average Bonchev–Trinajstić information content (AvgIpc) is 2.68. The first kappa shape index (κ1) is 20.6. The molecule has 0 spiro atoms. The molecule has 0 fully saturated rings. The van der Waals surface area contributed by atoms with E-state index in [-0.39, 0.29) is 0 Å². The van der Waals surface area contributed by atoms with E-state index in [0.717, 1.165) is 11.3 Å². The van der Waals surface area contributed by atoms with Crippen LogP contribution in [0.15, 0.2) is 42.5 Å². The zero-order valence-electron chi connectivity index (χ0n) is 16.4. The van der Waals surface area contributed by atoms with Crippen molar-refractivity contribution < 1.29 is 24.1 Å². The third-order valence-electron chi connectivity index (χ3n) is 3.89. The summed E-state index contributed by atoms with van der Waals surface area (Å²) < 4.78 is 22.1. The lowest BCUT2D eigenvalue weighted by Crippen LogP contribution is -2.01. The molecule has 0 aliphatic rings. The molecule has 0 saturated heterocycles. The number of aliphatic hydroxyl groups is 1. The van der Waals surface area contributed by atoms with Crippen LogP contribution in [0.25, 0.3) is 6.08 Å². The molecule has 2 aromatic carbocycles. The number of hydrogen-bond acceptors (Lipinski definition) is 5. The summed E-state index contributed by atoms with van der Waals surface area (Å²) in [6.07, 6.45) is 2.73. The molecule has 2 rings (SSSR count). The predicted molar refractivity (Wildman–Crippen MR) is 107 cm³/mol. The minimum atomic E-state index is -0.821. The van der Waals surface area contributed by atoms with E-state index in [1.165, 1.54) is 0 Å². The van der Waals surface area contributed by atoms with Crippen molar-refractivity contribution in [1.82, 2.24) is 0 Å². The highest BCUT2D eigenvalue weighted by Gasteiger charge is 2.13. The van der Waals surface area contributed by atoms with Gasteiger partial charge in [-0.2, -0.15) is 0 Å². The maximum absolute atomic E-state index is 10.6. The van der Waals surface area contributed by atoms with E-state index in [9.17, 15) is 5.11 Å². The largest absolute Gasteiger partial charge is 0.497 e. The summed E-state index contributed by atoms with van der Waals surface area (Å²) in [5.41, 5.74) is 1.55. The first-order valence-corrected chi connectivity index (χ1v) is 9.19. The SMILES string of the molecule is CCOc1ccc(C=CC(O)c2ccc(OC)cc2OCC)c(OCC)c1. The molecule has 146 valence electrons. The van der Waals surface area contributed by atoms with Crippen molar-refractivity contribution in [1.29, 1.82) is 0 Å². The zero-order valence-corrected chi connectivity index (χ0v) is 16.4. The smallest absolute Gasteiger partial charge is 0.130 e. The van der Waals surface area contributed by atoms with Gasteiger partial charge in [-0.15, -0.1) is 0 Å². The highest BCUT2D eigenvalue weighted by molar-refractivity contribution is 5.60. The minimum absolute atomic E-state index is 0.504. The molecule has 1 N–H and O–H groups in total. The molecular weight excluding hydrogens is 344 g/mol. The van der Waals surface area contributed by atoms with Gasteiger partial charge >= 0.3 is 0 Å². The second kappa shape index (κ2) is 10.5. The van der Waals surface area contributed by atoms with Gasteiger partial charge in [-0.1, -0.05) is 12.2 Å². The predicted octanol–water partition coefficient (Wildman–Crippen LogP) is 4.64. The van der Waals surface area contributed by atoms with Gasteiger partial charge in [0.05, 0.1) is 26.9 Å². The zero-order chi connectivity index (χ0) is 19.6. The van der Waals surface area contributed by atoms with E-state index < -0.39 is 6.10 Å². The molecule has 27 heavy (non-hydrogen) atoms. The Hall–Kier alpha value is -2.66. The molecular formula is C22H28O5. The Morgan fingerprint density at radius 2 is 1.48 bits per heavy atom. The molecule has 0 aromatic heterocycles. The summed E-state index contributed by atoms with van der Waals surface area (Å²) in [7, 11) is 1.60. The maximum atomic E-state index is 10.6. The van der Waals surface area contributed by atoms with Gasteiger partial charge in [-0.05, 0) is 45.0 Å². The van der Waals surface area contributed by atoms with Gasteiger partial charge in [0, 0.05) is 23.3 Å². The van der Waals surface area contributed by atoms with Crippen molar-refractivity contribution in [3.8, 4) is 23.0 Å². The summed E-state index contributed by atoms with van der Waals surface area (Å²) in [5.74, 6) is 2.76. The number of methoxy groups -OCH3 is 1. The Bertz CT molecular complexity index is 754. The second-order valence-electron chi connectivity index (χ2n) is 5.71. The van der Waals surface area contributed by atoms with E-state index in [4.69, 9.17) is 18.9 Å². The highest BCUT2D eigenvalue weighted by Crippen LogP contribution is 2.32. The number of benzene rings is 2. The van der Waals surface area contributed by atoms with Gasteiger partial charge in [0.2, 0.25) is 0 Å². The van der Waals surface area contributed by atoms with Crippen LogP contribution < -0.4 is 18.9 Å². The van der Waals surface area contributed by atoms with Gasteiger partial charge in [0.25, 0.3) is 0 Å². The third-order valence-corrected chi connectivity index (χ3v) is 3.89. The topological polar surface area (TPSA) is 57.2 Å². The molecule has 5 heteroatoms. The Morgan fingerprint density at radius 1 is 0.852 bits per heavy atom. The fourth-order valence-corrected chi connectivity index (χ4v) is 2.65. The quantitative estimate of drug-likeness (QED) is 0.658. The van der Waals surface area contributed by atoms with Crippen LogP contribution in [-0.4, -0.2) is 32.0 Å². The molecule has 0 saturated carbocycles. The van der Waals surface area contributed by atoms with Crippen LogP contribution in [0, 0.1) is 0 Å². The number of hydrogen-bond donors (Lipinski definition) is 1. The second-order valence-corrected chi connectivity index (χ2v) is 5.71. The van der Waals surface area contributed by atoms with Gasteiger partial charge < -0.3 is 24.1 Å². The van der Waals surface area contributed by atoms with Crippen molar-refractivity contribution in [2.24, 2.45) is 0 Å². The molecule has 1 atom stereocenters. The highest BCUT2D eigenvalue weighted by atomic mass is 16.5. The van der Waals surface area contributed by atoms with Gasteiger partial charge in [-0.25, -0.2) is 0 Å². The fourth-order valence-electron chi connectivity index (χ4n) is 2.65. The van der Waals surface area contributed by atoms with E-state index in [0.29, 0.717) is 42.6 Å². The molecule has 0 radical (unpaired) electrons.